The van der Waals surface area contributed by atoms with Gasteiger partial charge in [0.2, 0.25) is 0 Å². The number of hydrogen-bond donors (Lipinski definition) is 2. The molecule has 1 aromatic carbocycles. The monoisotopic (exact) mass is 292 g/mol. The van der Waals surface area contributed by atoms with Crippen LogP contribution in [0, 0.1) is 0 Å². The Bertz CT molecular complexity index is 472. The van der Waals surface area contributed by atoms with Crippen molar-refractivity contribution in [3.8, 4) is 5.75 Å². The Balaban J connectivity index is 2.01. The molecule has 2 rings (SSSR count). The van der Waals surface area contributed by atoms with Gasteiger partial charge in [-0.05, 0) is 18.6 Å². The van der Waals surface area contributed by atoms with Crippen molar-refractivity contribution in [3.05, 3.63) is 24.3 Å². The van der Waals surface area contributed by atoms with E-state index in [9.17, 15) is 4.79 Å². The van der Waals surface area contributed by atoms with Crippen molar-refractivity contribution in [1.82, 2.24) is 10.3 Å². The highest BCUT2D eigenvalue weighted by atomic mass is 16.5. The molecule has 1 fully saturated rings. The van der Waals surface area contributed by atoms with Crippen molar-refractivity contribution in [2.75, 3.05) is 38.2 Å². The van der Waals surface area contributed by atoms with Crippen LogP contribution in [0.25, 0.3) is 0 Å². The summed E-state index contributed by atoms with van der Waals surface area (Å²) in [5.41, 5.74) is 3.37. The molecule has 1 atom stereocenters. The van der Waals surface area contributed by atoms with Crippen LogP contribution in [-0.4, -0.2) is 50.1 Å². The molecule has 0 radical (unpaired) electrons. The minimum atomic E-state index is -0.144. The van der Waals surface area contributed by atoms with Gasteiger partial charge >= 0.3 is 0 Å². The Morgan fingerprint density at radius 2 is 2.00 bits per heavy atom. The van der Waals surface area contributed by atoms with E-state index in [-0.39, 0.29) is 11.9 Å². The van der Waals surface area contributed by atoms with Gasteiger partial charge in [-0.15, -0.1) is 0 Å². The van der Waals surface area contributed by atoms with Crippen molar-refractivity contribution >= 4 is 11.6 Å². The number of anilines is 1. The van der Waals surface area contributed by atoms with Crippen LogP contribution in [0.4, 0.5) is 5.69 Å². The third-order valence-electron chi connectivity index (χ3n) is 4.01. The van der Waals surface area contributed by atoms with E-state index in [1.165, 1.54) is 0 Å². The molecule has 1 aromatic rings. The molecular formula is C15H24N4O2. The molecule has 1 aliphatic rings. The summed E-state index contributed by atoms with van der Waals surface area (Å²) in [6.45, 7) is 5.42. The van der Waals surface area contributed by atoms with Gasteiger partial charge in [-0.2, -0.15) is 0 Å². The van der Waals surface area contributed by atoms with Crippen molar-refractivity contribution in [1.29, 1.82) is 0 Å². The van der Waals surface area contributed by atoms with Gasteiger partial charge in [0.15, 0.2) is 0 Å². The number of piperazine rings is 1. The number of amides is 1. The normalized spacial score (nSPS) is 17.4. The van der Waals surface area contributed by atoms with Gasteiger partial charge in [0.1, 0.15) is 5.75 Å². The summed E-state index contributed by atoms with van der Waals surface area (Å²) in [6.07, 6.45) is 0.762. The summed E-state index contributed by atoms with van der Waals surface area (Å²) >= 11 is 0. The summed E-state index contributed by atoms with van der Waals surface area (Å²) in [4.78, 5) is 16.3. The van der Waals surface area contributed by atoms with Gasteiger partial charge in [0.05, 0.1) is 18.8 Å². The van der Waals surface area contributed by atoms with E-state index >= 15 is 0 Å². The number of carbonyl (C=O) groups is 1. The summed E-state index contributed by atoms with van der Waals surface area (Å²) in [6, 6.07) is 7.88. The number of hydrazine groups is 1. The fraction of sp³-hybridized carbons (Fsp3) is 0.533. The maximum absolute atomic E-state index is 11.8. The summed E-state index contributed by atoms with van der Waals surface area (Å²) in [7, 11) is 1.69. The second kappa shape index (κ2) is 7.28. The van der Waals surface area contributed by atoms with Gasteiger partial charge in [-0.3, -0.25) is 15.1 Å². The van der Waals surface area contributed by atoms with Crippen LogP contribution < -0.4 is 20.9 Å². The van der Waals surface area contributed by atoms with Gasteiger partial charge in [-0.1, -0.05) is 19.1 Å². The van der Waals surface area contributed by atoms with Crippen LogP contribution >= 0.6 is 0 Å². The van der Waals surface area contributed by atoms with E-state index in [1.54, 1.807) is 7.11 Å². The van der Waals surface area contributed by atoms with Crippen LogP contribution in [0.2, 0.25) is 0 Å². The van der Waals surface area contributed by atoms with Crippen LogP contribution in [0.1, 0.15) is 13.3 Å². The zero-order valence-electron chi connectivity index (χ0n) is 12.7. The van der Waals surface area contributed by atoms with Gasteiger partial charge in [-0.25, -0.2) is 5.84 Å². The number of nitrogens with zero attached hydrogens (tertiary/aromatic N) is 2. The number of methoxy groups -OCH3 is 1. The first-order valence-electron chi connectivity index (χ1n) is 7.33. The van der Waals surface area contributed by atoms with Crippen LogP contribution in [0.15, 0.2) is 24.3 Å². The highest BCUT2D eigenvalue weighted by Crippen LogP contribution is 2.28. The summed E-state index contributed by atoms with van der Waals surface area (Å²) in [5.74, 6) is 6.04. The van der Waals surface area contributed by atoms with E-state index in [1.807, 2.05) is 25.1 Å². The number of rotatable bonds is 5. The maximum atomic E-state index is 11.8. The fourth-order valence-corrected chi connectivity index (χ4v) is 2.87. The molecule has 0 saturated carbocycles. The van der Waals surface area contributed by atoms with Crippen LogP contribution in [-0.2, 0) is 4.79 Å². The van der Waals surface area contributed by atoms with Crippen LogP contribution in [0.5, 0.6) is 5.75 Å². The molecule has 1 unspecified atom stereocenters. The van der Waals surface area contributed by atoms with Crippen molar-refractivity contribution in [3.63, 3.8) is 0 Å². The van der Waals surface area contributed by atoms with Crippen molar-refractivity contribution in [2.45, 2.75) is 19.4 Å². The van der Waals surface area contributed by atoms with Crippen LogP contribution in [0.3, 0.4) is 0 Å². The first-order chi connectivity index (χ1) is 10.2. The largest absolute Gasteiger partial charge is 0.495 e. The average molecular weight is 292 g/mol. The Labute approximate surface area is 125 Å². The minimum absolute atomic E-state index is 0.108. The fourth-order valence-electron chi connectivity index (χ4n) is 2.87. The van der Waals surface area contributed by atoms with Crippen molar-refractivity contribution < 1.29 is 9.53 Å². The van der Waals surface area contributed by atoms with E-state index in [0.29, 0.717) is 0 Å². The predicted octanol–water partition coefficient (Wildman–Crippen LogP) is 0.586. The molecule has 1 saturated heterocycles. The molecule has 3 N–H and O–H groups in total. The van der Waals surface area contributed by atoms with E-state index in [0.717, 1.165) is 44.0 Å². The van der Waals surface area contributed by atoms with E-state index in [4.69, 9.17) is 10.6 Å². The van der Waals surface area contributed by atoms with E-state index in [2.05, 4.69) is 21.3 Å². The smallest absolute Gasteiger partial charge is 0.251 e. The predicted molar refractivity (Wildman–Crippen MR) is 83.2 cm³/mol. The average Bonchev–Trinajstić information content (AvgIpc) is 2.56. The SMILES string of the molecule is CCC(C(=O)NN)N1CCN(c2ccccc2OC)CC1. The van der Waals surface area contributed by atoms with E-state index < -0.39 is 0 Å². The molecular weight excluding hydrogens is 268 g/mol. The maximum Gasteiger partial charge on any atom is 0.251 e. The number of carbonyl (C=O) groups excluding carboxylic acids is 1. The molecule has 6 heteroatoms. The molecule has 1 aliphatic heterocycles. The zero-order valence-corrected chi connectivity index (χ0v) is 12.7. The molecule has 1 heterocycles. The quantitative estimate of drug-likeness (QED) is 0.472. The first-order valence-corrected chi connectivity index (χ1v) is 7.33. The lowest BCUT2D eigenvalue weighted by Crippen LogP contribution is -2.55. The zero-order chi connectivity index (χ0) is 15.2. The topological polar surface area (TPSA) is 70.8 Å². The summed E-state index contributed by atoms with van der Waals surface area (Å²) < 4.78 is 5.41. The lowest BCUT2D eigenvalue weighted by atomic mass is 10.1. The number of nitrogens with two attached hydrogens (primary N) is 1. The highest BCUT2D eigenvalue weighted by Gasteiger charge is 2.27. The molecule has 1 amide bonds. The molecule has 116 valence electrons. The highest BCUT2D eigenvalue weighted by molar-refractivity contribution is 5.81. The number of nitrogens with one attached hydrogen (secondary N) is 1. The Morgan fingerprint density at radius 1 is 1.33 bits per heavy atom. The lowest BCUT2D eigenvalue weighted by molar-refractivity contribution is -0.126. The minimum Gasteiger partial charge on any atom is -0.495 e. The molecule has 0 aromatic heterocycles. The second-order valence-electron chi connectivity index (χ2n) is 5.13. The number of benzene rings is 1. The third kappa shape index (κ3) is 3.46. The Hall–Kier alpha value is -1.79. The molecule has 0 bridgehead atoms. The van der Waals surface area contributed by atoms with Gasteiger partial charge in [0, 0.05) is 26.2 Å². The standard InChI is InChI=1S/C15H24N4O2/c1-3-12(15(20)17-16)18-8-10-19(11-9-18)13-6-4-5-7-14(13)21-2/h4-7,12H,3,8-11,16H2,1-2H3,(H,17,20). The number of ether oxygens (including phenoxy) is 1. The molecule has 6 nitrogen and oxygen atoms in total. The third-order valence-corrected chi connectivity index (χ3v) is 4.01. The lowest BCUT2D eigenvalue weighted by Gasteiger charge is -2.39. The second-order valence-corrected chi connectivity index (χ2v) is 5.13. The first kappa shape index (κ1) is 15.6. The number of hydrogen-bond acceptors (Lipinski definition) is 5. The Kier molecular flexibility index (Phi) is 5.41. The van der Waals surface area contributed by atoms with Gasteiger partial charge < -0.3 is 9.64 Å². The molecule has 0 spiro atoms. The van der Waals surface area contributed by atoms with Gasteiger partial charge in [0.25, 0.3) is 5.91 Å². The molecule has 21 heavy (non-hydrogen) atoms. The number of para-hydroxylation sites is 2. The van der Waals surface area contributed by atoms with Crippen molar-refractivity contribution in [2.24, 2.45) is 5.84 Å². The Morgan fingerprint density at radius 3 is 2.57 bits per heavy atom. The summed E-state index contributed by atoms with van der Waals surface area (Å²) in [5, 5.41) is 0. The molecule has 0 aliphatic carbocycles.